The normalized spacial score (nSPS) is 11.7. The molecule has 1 aromatic rings. The third kappa shape index (κ3) is 2.53. The number of hydrogen-bond donors (Lipinski definition) is 1. The van der Waals surface area contributed by atoms with Crippen molar-refractivity contribution < 1.29 is 8.42 Å². The van der Waals surface area contributed by atoms with Crippen LogP contribution in [0.4, 0.5) is 5.82 Å². The first-order valence-corrected chi connectivity index (χ1v) is 5.42. The summed E-state index contributed by atoms with van der Waals surface area (Å²) in [5.74, 6) is 0.0165. The van der Waals surface area contributed by atoms with E-state index in [9.17, 15) is 8.42 Å². The molecule has 0 amide bonds. The maximum Gasteiger partial charge on any atom is 0.302 e. The Kier molecular flexibility index (Phi) is 3.25. The van der Waals surface area contributed by atoms with Gasteiger partial charge in [0.2, 0.25) is 0 Å². The van der Waals surface area contributed by atoms with Crippen LogP contribution >= 0.6 is 11.6 Å². The number of rotatable bonds is 3. The third-order valence-corrected chi connectivity index (χ3v) is 3.05. The van der Waals surface area contributed by atoms with Crippen molar-refractivity contribution in [2.75, 3.05) is 18.8 Å². The van der Waals surface area contributed by atoms with Crippen LogP contribution in [0.5, 0.6) is 0 Å². The molecule has 0 aliphatic heterocycles. The molecule has 0 fully saturated rings. The van der Waals surface area contributed by atoms with Gasteiger partial charge in [-0.05, 0) is 0 Å². The van der Waals surface area contributed by atoms with Gasteiger partial charge >= 0.3 is 10.2 Å². The lowest BCUT2D eigenvalue weighted by Crippen LogP contribution is -2.29. The first-order valence-electron chi connectivity index (χ1n) is 3.60. The standard InChI is InChI=1S/C6H9ClN4O2S/c1-11(2)14(12,13)10-6-5(7)8-3-4-9-6/h3-4H,1-2H3,(H,9,10). The van der Waals surface area contributed by atoms with Crippen molar-refractivity contribution in [3.8, 4) is 0 Å². The topological polar surface area (TPSA) is 75.2 Å². The lowest BCUT2D eigenvalue weighted by atomic mass is 10.7. The van der Waals surface area contributed by atoms with Crippen LogP contribution in [0.1, 0.15) is 0 Å². The number of nitrogens with zero attached hydrogens (tertiary/aromatic N) is 3. The Hall–Kier alpha value is -0.920. The molecular weight excluding hydrogens is 228 g/mol. The number of aromatic nitrogens is 2. The Morgan fingerprint density at radius 2 is 1.93 bits per heavy atom. The van der Waals surface area contributed by atoms with E-state index in [0.717, 1.165) is 4.31 Å². The fourth-order valence-corrected chi connectivity index (χ4v) is 1.39. The van der Waals surface area contributed by atoms with Crippen LogP contribution in [0.25, 0.3) is 0 Å². The molecule has 0 aromatic carbocycles. The van der Waals surface area contributed by atoms with Crippen LogP contribution in [0.2, 0.25) is 5.15 Å². The van der Waals surface area contributed by atoms with Crippen molar-refractivity contribution in [2.24, 2.45) is 0 Å². The zero-order valence-electron chi connectivity index (χ0n) is 7.60. The van der Waals surface area contributed by atoms with Crippen LogP contribution in [-0.2, 0) is 10.2 Å². The molecule has 0 unspecified atom stereocenters. The van der Waals surface area contributed by atoms with Gasteiger partial charge in [0.1, 0.15) is 0 Å². The van der Waals surface area contributed by atoms with E-state index in [1.54, 1.807) is 0 Å². The van der Waals surface area contributed by atoms with Crippen LogP contribution in [0, 0.1) is 0 Å². The van der Waals surface area contributed by atoms with Crippen molar-refractivity contribution in [3.63, 3.8) is 0 Å². The monoisotopic (exact) mass is 236 g/mol. The molecule has 6 nitrogen and oxygen atoms in total. The predicted octanol–water partition coefficient (Wildman–Crippen LogP) is 0.348. The van der Waals surface area contributed by atoms with Crippen molar-refractivity contribution in [1.82, 2.24) is 14.3 Å². The van der Waals surface area contributed by atoms with Crippen LogP contribution < -0.4 is 4.72 Å². The van der Waals surface area contributed by atoms with E-state index in [-0.39, 0.29) is 11.0 Å². The van der Waals surface area contributed by atoms with Crippen LogP contribution in [0.3, 0.4) is 0 Å². The van der Waals surface area contributed by atoms with Crippen LogP contribution in [0.15, 0.2) is 12.4 Å². The summed E-state index contributed by atoms with van der Waals surface area (Å²) in [6.07, 6.45) is 2.72. The summed E-state index contributed by atoms with van der Waals surface area (Å²) in [4.78, 5) is 7.41. The van der Waals surface area contributed by atoms with Gasteiger partial charge in [0.05, 0.1) is 0 Å². The highest BCUT2D eigenvalue weighted by Gasteiger charge is 2.15. The maximum absolute atomic E-state index is 11.3. The molecule has 1 aromatic heterocycles. The number of hydrogen-bond acceptors (Lipinski definition) is 4. The molecule has 0 spiro atoms. The van der Waals surface area contributed by atoms with E-state index < -0.39 is 10.2 Å². The number of nitrogens with one attached hydrogen (secondary N) is 1. The minimum absolute atomic E-state index is 0.0120. The third-order valence-electron chi connectivity index (χ3n) is 1.36. The van der Waals surface area contributed by atoms with Gasteiger partial charge in [-0.15, -0.1) is 0 Å². The Morgan fingerprint density at radius 1 is 1.36 bits per heavy atom. The molecule has 0 aliphatic rings. The predicted molar refractivity (Wildman–Crippen MR) is 53.3 cm³/mol. The summed E-state index contributed by atoms with van der Waals surface area (Å²) in [6.45, 7) is 0. The molecule has 1 N–H and O–H groups in total. The van der Waals surface area contributed by atoms with E-state index in [2.05, 4.69) is 14.7 Å². The van der Waals surface area contributed by atoms with Gasteiger partial charge in [0.15, 0.2) is 11.0 Å². The molecule has 1 heterocycles. The Balaban J connectivity index is 2.96. The second-order valence-corrected chi connectivity index (χ2v) is 4.83. The van der Waals surface area contributed by atoms with E-state index in [4.69, 9.17) is 11.6 Å². The quantitative estimate of drug-likeness (QED) is 0.822. The summed E-state index contributed by atoms with van der Waals surface area (Å²) in [5, 5.41) is 0.0120. The molecule has 78 valence electrons. The second-order valence-electron chi connectivity index (χ2n) is 2.59. The van der Waals surface area contributed by atoms with Gasteiger partial charge in [-0.25, -0.2) is 9.97 Å². The lowest BCUT2D eigenvalue weighted by molar-refractivity contribution is 0.526. The molecular formula is C6H9ClN4O2S. The van der Waals surface area contributed by atoms with Gasteiger partial charge in [-0.3, -0.25) is 4.72 Å². The highest BCUT2D eigenvalue weighted by Crippen LogP contribution is 2.15. The summed E-state index contributed by atoms with van der Waals surface area (Å²) in [7, 11) is -0.786. The number of anilines is 1. The van der Waals surface area contributed by atoms with Gasteiger partial charge in [0.25, 0.3) is 0 Å². The Labute approximate surface area is 87.1 Å². The van der Waals surface area contributed by atoms with E-state index in [0.29, 0.717) is 0 Å². The zero-order chi connectivity index (χ0) is 10.8. The lowest BCUT2D eigenvalue weighted by Gasteiger charge is -2.12. The average molecular weight is 237 g/mol. The summed E-state index contributed by atoms with van der Waals surface area (Å²) in [5.41, 5.74) is 0. The molecule has 0 aliphatic carbocycles. The molecule has 1 rings (SSSR count). The Morgan fingerprint density at radius 3 is 2.43 bits per heavy atom. The van der Waals surface area contributed by atoms with Gasteiger partial charge in [0, 0.05) is 26.5 Å². The van der Waals surface area contributed by atoms with E-state index in [1.165, 1.54) is 26.5 Å². The molecule has 14 heavy (non-hydrogen) atoms. The summed E-state index contributed by atoms with van der Waals surface area (Å²) in [6, 6.07) is 0. The SMILES string of the molecule is CN(C)S(=O)(=O)Nc1nccnc1Cl. The fraction of sp³-hybridized carbons (Fsp3) is 0.333. The first-order chi connectivity index (χ1) is 6.43. The van der Waals surface area contributed by atoms with Crippen molar-refractivity contribution in [3.05, 3.63) is 17.5 Å². The van der Waals surface area contributed by atoms with E-state index in [1.807, 2.05) is 0 Å². The van der Waals surface area contributed by atoms with Gasteiger partial charge in [-0.2, -0.15) is 12.7 Å². The van der Waals surface area contributed by atoms with E-state index >= 15 is 0 Å². The molecule has 8 heteroatoms. The first kappa shape index (κ1) is 11.2. The molecule has 0 bridgehead atoms. The second kappa shape index (κ2) is 4.07. The largest absolute Gasteiger partial charge is 0.302 e. The highest BCUT2D eigenvalue weighted by molar-refractivity contribution is 7.90. The Bertz CT molecular complexity index is 420. The van der Waals surface area contributed by atoms with Crippen molar-refractivity contribution >= 4 is 27.6 Å². The average Bonchev–Trinajstić information content (AvgIpc) is 2.08. The highest BCUT2D eigenvalue weighted by atomic mass is 35.5. The molecule has 0 saturated heterocycles. The molecule has 0 radical (unpaired) electrons. The fourth-order valence-electron chi connectivity index (χ4n) is 0.603. The van der Waals surface area contributed by atoms with Gasteiger partial charge in [-0.1, -0.05) is 11.6 Å². The molecule has 0 saturated carbocycles. The van der Waals surface area contributed by atoms with Crippen molar-refractivity contribution in [2.45, 2.75) is 0 Å². The van der Waals surface area contributed by atoms with Gasteiger partial charge < -0.3 is 0 Å². The smallest absolute Gasteiger partial charge is 0.252 e. The minimum atomic E-state index is -3.58. The number of halogens is 1. The summed E-state index contributed by atoms with van der Waals surface area (Å²) < 4.78 is 25.9. The summed E-state index contributed by atoms with van der Waals surface area (Å²) >= 11 is 5.62. The minimum Gasteiger partial charge on any atom is -0.252 e. The maximum atomic E-state index is 11.3. The van der Waals surface area contributed by atoms with Crippen LogP contribution in [-0.4, -0.2) is 36.8 Å². The van der Waals surface area contributed by atoms with Crippen molar-refractivity contribution in [1.29, 1.82) is 0 Å². The zero-order valence-corrected chi connectivity index (χ0v) is 9.17. The molecule has 0 atom stereocenters.